The van der Waals surface area contributed by atoms with Crippen LogP contribution in [0.2, 0.25) is 5.02 Å². The Morgan fingerprint density at radius 2 is 1.88 bits per heavy atom. The van der Waals surface area contributed by atoms with E-state index < -0.39 is 10.0 Å². The predicted octanol–water partition coefficient (Wildman–Crippen LogP) is 3.47. The maximum absolute atomic E-state index is 12.6. The van der Waals surface area contributed by atoms with Crippen LogP contribution in [0.4, 0.5) is 0 Å². The quantitative estimate of drug-likeness (QED) is 0.765. The summed E-state index contributed by atoms with van der Waals surface area (Å²) in [6.07, 6.45) is 0.616. The standard InChI is InChI=1S/C16H19ClN2O3S2/c1-3-15(12-4-6-13(17)7-5-12)19-24(21,22)16-9-8-14(23-16)10-18-11(2)20/h4-9,15,19H,3,10H2,1-2H3,(H,18,20). The molecule has 2 rings (SSSR count). The second-order valence-electron chi connectivity index (χ2n) is 5.26. The van der Waals surface area contributed by atoms with Gasteiger partial charge in [0.1, 0.15) is 4.21 Å². The van der Waals surface area contributed by atoms with Crippen molar-refractivity contribution >= 4 is 38.9 Å². The maximum Gasteiger partial charge on any atom is 0.250 e. The van der Waals surface area contributed by atoms with Crippen LogP contribution < -0.4 is 10.0 Å². The van der Waals surface area contributed by atoms with Crippen LogP contribution in [0.25, 0.3) is 0 Å². The van der Waals surface area contributed by atoms with E-state index in [0.29, 0.717) is 18.0 Å². The van der Waals surface area contributed by atoms with E-state index in [9.17, 15) is 13.2 Å². The maximum atomic E-state index is 12.6. The van der Waals surface area contributed by atoms with Gasteiger partial charge >= 0.3 is 0 Å². The van der Waals surface area contributed by atoms with Gasteiger partial charge in [-0.05, 0) is 36.2 Å². The molecule has 1 amide bonds. The third-order valence-electron chi connectivity index (χ3n) is 3.39. The average molecular weight is 387 g/mol. The summed E-state index contributed by atoms with van der Waals surface area (Å²) >= 11 is 7.02. The molecule has 1 heterocycles. The molecule has 1 aromatic heterocycles. The van der Waals surface area contributed by atoms with E-state index in [2.05, 4.69) is 10.0 Å². The number of amides is 1. The number of carbonyl (C=O) groups is 1. The van der Waals surface area contributed by atoms with Crippen LogP contribution in [0.1, 0.15) is 36.8 Å². The molecule has 0 saturated carbocycles. The fraction of sp³-hybridized carbons (Fsp3) is 0.312. The zero-order valence-corrected chi connectivity index (χ0v) is 15.8. The Bertz CT molecular complexity index is 801. The van der Waals surface area contributed by atoms with Crippen LogP contribution in [0.15, 0.2) is 40.6 Å². The highest BCUT2D eigenvalue weighted by Crippen LogP contribution is 2.25. The molecule has 1 atom stereocenters. The van der Waals surface area contributed by atoms with Gasteiger partial charge in [-0.2, -0.15) is 0 Å². The van der Waals surface area contributed by atoms with E-state index in [1.54, 1.807) is 24.3 Å². The number of sulfonamides is 1. The molecule has 0 aliphatic rings. The van der Waals surface area contributed by atoms with Crippen LogP contribution >= 0.6 is 22.9 Å². The Hall–Kier alpha value is -1.41. The van der Waals surface area contributed by atoms with E-state index in [1.807, 2.05) is 19.1 Å². The van der Waals surface area contributed by atoms with Crippen molar-refractivity contribution in [1.29, 1.82) is 0 Å². The normalized spacial score (nSPS) is 12.8. The lowest BCUT2D eigenvalue weighted by Crippen LogP contribution is -2.27. The first-order valence-corrected chi connectivity index (χ1v) is 10.1. The number of halogens is 1. The molecule has 0 fully saturated rings. The van der Waals surface area contributed by atoms with Crippen LogP contribution in [0, 0.1) is 0 Å². The SMILES string of the molecule is CCC(NS(=O)(=O)c1ccc(CNC(C)=O)s1)c1ccc(Cl)cc1. The lowest BCUT2D eigenvalue weighted by Gasteiger charge is -2.17. The minimum Gasteiger partial charge on any atom is -0.351 e. The molecule has 1 aromatic carbocycles. The number of carbonyl (C=O) groups excluding carboxylic acids is 1. The Morgan fingerprint density at radius 3 is 2.46 bits per heavy atom. The summed E-state index contributed by atoms with van der Waals surface area (Å²) in [7, 11) is -3.62. The minimum absolute atomic E-state index is 0.153. The van der Waals surface area contributed by atoms with E-state index in [-0.39, 0.29) is 16.2 Å². The Morgan fingerprint density at radius 1 is 1.21 bits per heavy atom. The van der Waals surface area contributed by atoms with Gasteiger partial charge in [0.2, 0.25) is 5.91 Å². The molecule has 2 N–H and O–H groups in total. The highest BCUT2D eigenvalue weighted by atomic mass is 35.5. The van der Waals surface area contributed by atoms with Crippen molar-refractivity contribution in [3.05, 3.63) is 51.9 Å². The molecule has 8 heteroatoms. The Labute approximate surface area is 151 Å². The van der Waals surface area contributed by atoms with Gasteiger partial charge in [-0.15, -0.1) is 11.3 Å². The van der Waals surface area contributed by atoms with Crippen LogP contribution in [-0.4, -0.2) is 14.3 Å². The zero-order valence-electron chi connectivity index (χ0n) is 13.4. The summed E-state index contributed by atoms with van der Waals surface area (Å²) in [4.78, 5) is 11.7. The molecule has 24 heavy (non-hydrogen) atoms. The van der Waals surface area contributed by atoms with E-state index in [4.69, 9.17) is 11.6 Å². The molecule has 2 aromatic rings. The lowest BCUT2D eigenvalue weighted by atomic mass is 10.1. The second-order valence-corrected chi connectivity index (χ2v) is 8.81. The molecule has 5 nitrogen and oxygen atoms in total. The molecule has 0 saturated heterocycles. The monoisotopic (exact) mass is 386 g/mol. The van der Waals surface area contributed by atoms with Gasteiger partial charge in [-0.1, -0.05) is 30.7 Å². The molecule has 0 spiro atoms. The lowest BCUT2D eigenvalue weighted by molar-refractivity contribution is -0.119. The number of hydrogen-bond donors (Lipinski definition) is 2. The van der Waals surface area contributed by atoms with Gasteiger partial charge in [-0.25, -0.2) is 13.1 Å². The number of thiophene rings is 1. The first-order chi connectivity index (χ1) is 11.3. The molecule has 0 aliphatic carbocycles. The molecular formula is C16H19ClN2O3S2. The predicted molar refractivity (Wildman–Crippen MR) is 96.6 cm³/mol. The Balaban J connectivity index is 2.14. The van der Waals surface area contributed by atoms with Crippen molar-refractivity contribution in [3.63, 3.8) is 0 Å². The van der Waals surface area contributed by atoms with Crippen molar-refractivity contribution in [1.82, 2.24) is 10.0 Å². The summed E-state index contributed by atoms with van der Waals surface area (Å²) in [5.41, 5.74) is 0.862. The number of benzene rings is 1. The molecule has 0 radical (unpaired) electrons. The minimum atomic E-state index is -3.62. The molecule has 0 aliphatic heterocycles. The van der Waals surface area contributed by atoms with Gasteiger partial charge in [0.15, 0.2) is 0 Å². The third kappa shape index (κ3) is 5.04. The smallest absolute Gasteiger partial charge is 0.250 e. The van der Waals surface area contributed by atoms with E-state index >= 15 is 0 Å². The topological polar surface area (TPSA) is 75.3 Å². The highest BCUT2D eigenvalue weighted by Gasteiger charge is 2.22. The summed E-state index contributed by atoms with van der Waals surface area (Å²) in [6, 6.07) is 10.0. The van der Waals surface area contributed by atoms with Crippen LogP contribution in [0.5, 0.6) is 0 Å². The molecular weight excluding hydrogens is 368 g/mol. The van der Waals surface area contributed by atoms with Gasteiger partial charge in [0.25, 0.3) is 10.0 Å². The second kappa shape index (κ2) is 8.11. The van der Waals surface area contributed by atoms with Crippen molar-refractivity contribution in [3.8, 4) is 0 Å². The van der Waals surface area contributed by atoms with Crippen molar-refractivity contribution in [2.24, 2.45) is 0 Å². The fourth-order valence-electron chi connectivity index (χ4n) is 2.14. The average Bonchev–Trinajstić information content (AvgIpc) is 3.01. The number of hydrogen-bond acceptors (Lipinski definition) is 4. The fourth-order valence-corrected chi connectivity index (χ4v) is 4.88. The summed E-state index contributed by atoms with van der Waals surface area (Å²) in [6.45, 7) is 3.66. The molecule has 1 unspecified atom stereocenters. The van der Waals surface area contributed by atoms with Crippen molar-refractivity contribution < 1.29 is 13.2 Å². The first kappa shape index (κ1) is 18.9. The van der Waals surface area contributed by atoms with E-state index in [1.165, 1.54) is 6.92 Å². The van der Waals surface area contributed by atoms with Gasteiger partial charge < -0.3 is 5.32 Å². The largest absolute Gasteiger partial charge is 0.351 e. The van der Waals surface area contributed by atoms with Crippen molar-refractivity contribution in [2.75, 3.05) is 0 Å². The van der Waals surface area contributed by atoms with Gasteiger partial charge in [0.05, 0.1) is 6.54 Å². The molecule has 130 valence electrons. The molecule has 0 bridgehead atoms. The van der Waals surface area contributed by atoms with Crippen LogP contribution in [-0.2, 0) is 21.4 Å². The summed E-state index contributed by atoms with van der Waals surface area (Å²) < 4.78 is 28.1. The van der Waals surface area contributed by atoms with Crippen LogP contribution in [0.3, 0.4) is 0 Å². The number of rotatable bonds is 7. The third-order valence-corrected chi connectivity index (χ3v) is 6.69. The zero-order chi connectivity index (χ0) is 17.7. The highest BCUT2D eigenvalue weighted by molar-refractivity contribution is 7.91. The summed E-state index contributed by atoms with van der Waals surface area (Å²) in [5.74, 6) is -0.153. The Kier molecular flexibility index (Phi) is 6.40. The van der Waals surface area contributed by atoms with Crippen molar-refractivity contribution in [2.45, 2.75) is 37.1 Å². The van der Waals surface area contributed by atoms with E-state index in [0.717, 1.165) is 21.8 Å². The van der Waals surface area contributed by atoms with Gasteiger partial charge in [-0.3, -0.25) is 4.79 Å². The number of nitrogens with one attached hydrogen (secondary N) is 2. The van der Waals surface area contributed by atoms with Gasteiger partial charge in [0, 0.05) is 22.9 Å². The summed E-state index contributed by atoms with van der Waals surface area (Å²) in [5, 5.41) is 3.26. The first-order valence-electron chi connectivity index (χ1n) is 7.42.